The van der Waals surface area contributed by atoms with Gasteiger partial charge in [0.05, 0.1) is 19.8 Å². The maximum atomic E-state index is 13.9. The molecule has 1 aliphatic rings. The smallest absolute Gasteiger partial charge is 0.342 e. The Labute approximate surface area is 115 Å². The van der Waals surface area contributed by atoms with Gasteiger partial charge in [0.15, 0.2) is 11.5 Å². The lowest BCUT2D eigenvalue weighted by molar-refractivity contribution is -0.149. The van der Waals surface area contributed by atoms with Crippen LogP contribution in [0.3, 0.4) is 0 Å². The van der Waals surface area contributed by atoms with E-state index in [1.54, 1.807) is 6.92 Å². The molecule has 0 aromatic heterocycles. The number of carbonyl (C=O) groups excluding carboxylic acids is 1. The van der Waals surface area contributed by atoms with Gasteiger partial charge in [-0.15, -0.1) is 0 Å². The van der Waals surface area contributed by atoms with Crippen molar-refractivity contribution in [3.05, 3.63) is 17.7 Å². The highest BCUT2D eigenvalue weighted by atomic mass is 19.1. The fourth-order valence-corrected chi connectivity index (χ4v) is 1.88. The van der Waals surface area contributed by atoms with Crippen LogP contribution in [0.2, 0.25) is 0 Å². The highest BCUT2D eigenvalue weighted by Gasteiger charge is 2.30. The molecule has 7 heteroatoms. The number of rotatable bonds is 5. The van der Waals surface area contributed by atoms with E-state index in [0.717, 1.165) is 0 Å². The summed E-state index contributed by atoms with van der Waals surface area (Å²) in [5, 5.41) is 0. The van der Waals surface area contributed by atoms with E-state index in [2.05, 4.69) is 4.74 Å². The largest absolute Gasteiger partial charge is 0.493 e. The number of methoxy groups -OCH3 is 1. The number of halogens is 1. The summed E-state index contributed by atoms with van der Waals surface area (Å²) in [6.45, 7) is 1.75. The molecule has 1 unspecified atom stereocenters. The predicted molar refractivity (Wildman–Crippen MR) is 67.6 cm³/mol. The van der Waals surface area contributed by atoms with E-state index in [-0.39, 0.29) is 13.4 Å². The minimum Gasteiger partial charge on any atom is -0.493 e. The van der Waals surface area contributed by atoms with Crippen molar-refractivity contribution in [1.29, 1.82) is 0 Å². The van der Waals surface area contributed by atoms with Crippen molar-refractivity contribution in [2.45, 2.75) is 19.1 Å². The molecule has 1 aromatic rings. The number of alkyl halides is 1. The van der Waals surface area contributed by atoms with Crippen LogP contribution in [0, 0.1) is 0 Å². The van der Waals surface area contributed by atoms with E-state index >= 15 is 0 Å². The molecule has 1 heterocycles. The van der Waals surface area contributed by atoms with Gasteiger partial charge >= 0.3 is 5.97 Å². The third-order valence-electron chi connectivity index (χ3n) is 2.89. The van der Waals surface area contributed by atoms with Crippen molar-refractivity contribution >= 4 is 5.97 Å². The van der Waals surface area contributed by atoms with Crippen LogP contribution in [0.25, 0.3) is 0 Å². The monoisotopic (exact) mass is 285 g/mol. The van der Waals surface area contributed by atoms with Gasteiger partial charge in [0.1, 0.15) is 0 Å². The van der Waals surface area contributed by atoms with Gasteiger partial charge < -0.3 is 24.7 Å². The first-order valence-corrected chi connectivity index (χ1v) is 6.12. The molecule has 1 aliphatic heterocycles. The summed E-state index contributed by atoms with van der Waals surface area (Å²) in [6.07, 6.45) is -1.96. The second-order valence-electron chi connectivity index (χ2n) is 4.14. The maximum absolute atomic E-state index is 13.9. The average molecular weight is 285 g/mol. The molecule has 0 amide bonds. The quantitative estimate of drug-likeness (QED) is 0.822. The summed E-state index contributed by atoms with van der Waals surface area (Å²) in [6, 6.07) is 1.88. The van der Waals surface area contributed by atoms with Gasteiger partial charge in [-0.1, -0.05) is 0 Å². The second-order valence-corrected chi connectivity index (χ2v) is 4.14. The number of benzene rings is 1. The number of fused-ring (bicyclic) bond motifs is 1. The number of nitrogens with two attached hydrogens (primary N) is 1. The lowest BCUT2D eigenvalue weighted by Crippen LogP contribution is -2.31. The Kier molecular flexibility index (Phi) is 4.29. The minimum absolute atomic E-state index is 0.0569. The number of carbonyl (C=O) groups is 1. The molecule has 0 saturated heterocycles. The Morgan fingerprint density at radius 1 is 1.50 bits per heavy atom. The molecular weight excluding hydrogens is 269 g/mol. The third kappa shape index (κ3) is 2.62. The van der Waals surface area contributed by atoms with Crippen molar-refractivity contribution in [3.8, 4) is 17.2 Å². The Hall–Kier alpha value is -2.02. The fourth-order valence-electron chi connectivity index (χ4n) is 1.88. The molecule has 6 nitrogen and oxygen atoms in total. The second kappa shape index (κ2) is 5.96. The van der Waals surface area contributed by atoms with Gasteiger partial charge in [0.25, 0.3) is 0 Å². The summed E-state index contributed by atoms with van der Waals surface area (Å²) in [4.78, 5) is 11.4. The van der Waals surface area contributed by atoms with Crippen LogP contribution in [0.1, 0.15) is 18.5 Å². The first-order valence-electron chi connectivity index (χ1n) is 6.12. The van der Waals surface area contributed by atoms with Crippen LogP contribution in [0.5, 0.6) is 17.2 Å². The van der Waals surface area contributed by atoms with E-state index in [1.807, 2.05) is 0 Å². The highest BCUT2D eigenvalue weighted by Crippen LogP contribution is 2.43. The lowest BCUT2D eigenvalue weighted by atomic mass is 10.0. The standard InChI is InChI=1S/C13H16FNO5/c1-3-18-13(16)10(14)11(15)7-4-8(17-2)12-9(5-7)19-6-20-12/h4-5,10-11H,3,6,15H2,1-2H3/t10?,11-/m1/s1. The summed E-state index contributed by atoms with van der Waals surface area (Å²) < 4.78 is 34.1. The van der Waals surface area contributed by atoms with Crippen LogP contribution < -0.4 is 19.9 Å². The summed E-state index contributed by atoms with van der Waals surface area (Å²) in [7, 11) is 1.45. The molecule has 110 valence electrons. The van der Waals surface area contributed by atoms with Gasteiger partial charge in [-0.25, -0.2) is 9.18 Å². The molecule has 20 heavy (non-hydrogen) atoms. The molecular formula is C13H16FNO5. The van der Waals surface area contributed by atoms with E-state index in [1.165, 1.54) is 19.2 Å². The Bertz CT molecular complexity index is 508. The van der Waals surface area contributed by atoms with Gasteiger partial charge in [-0.2, -0.15) is 0 Å². The van der Waals surface area contributed by atoms with Gasteiger partial charge in [-0.3, -0.25) is 0 Å². The molecule has 0 saturated carbocycles. The van der Waals surface area contributed by atoms with Gasteiger partial charge in [0, 0.05) is 0 Å². The summed E-state index contributed by atoms with van der Waals surface area (Å²) in [5.74, 6) is 0.235. The maximum Gasteiger partial charge on any atom is 0.342 e. The zero-order valence-electron chi connectivity index (χ0n) is 11.2. The molecule has 0 fully saturated rings. The van der Waals surface area contributed by atoms with Crippen LogP contribution >= 0.6 is 0 Å². The third-order valence-corrected chi connectivity index (χ3v) is 2.89. The molecule has 2 rings (SSSR count). The lowest BCUT2D eigenvalue weighted by Gasteiger charge is -2.17. The van der Waals surface area contributed by atoms with E-state index in [9.17, 15) is 9.18 Å². The summed E-state index contributed by atoms with van der Waals surface area (Å²) >= 11 is 0. The predicted octanol–water partition coefficient (Wildman–Crippen LogP) is 1.32. The molecule has 0 aliphatic carbocycles. The van der Waals surface area contributed by atoms with Crippen molar-refractivity contribution in [1.82, 2.24) is 0 Å². The summed E-state index contributed by atoms with van der Waals surface area (Å²) in [5.41, 5.74) is 6.13. The first kappa shape index (κ1) is 14.4. The number of ether oxygens (including phenoxy) is 4. The van der Waals surface area contributed by atoms with Crippen molar-refractivity contribution < 1.29 is 28.1 Å². The Morgan fingerprint density at radius 2 is 2.25 bits per heavy atom. The Morgan fingerprint density at radius 3 is 2.90 bits per heavy atom. The van der Waals surface area contributed by atoms with Crippen LogP contribution in [0.4, 0.5) is 4.39 Å². The SMILES string of the molecule is CCOC(=O)C(F)[C@H](N)c1cc(OC)c2c(c1)OCO2. The van der Waals surface area contributed by atoms with Gasteiger partial charge in [-0.05, 0) is 24.6 Å². The van der Waals surface area contributed by atoms with Crippen molar-refractivity contribution in [3.63, 3.8) is 0 Å². The highest BCUT2D eigenvalue weighted by molar-refractivity contribution is 5.76. The minimum atomic E-state index is -1.96. The normalized spacial score (nSPS) is 15.6. The number of hydrogen-bond donors (Lipinski definition) is 1. The van der Waals surface area contributed by atoms with Crippen LogP contribution in [-0.4, -0.2) is 32.7 Å². The molecule has 0 bridgehead atoms. The number of hydrogen-bond acceptors (Lipinski definition) is 6. The topological polar surface area (TPSA) is 80.0 Å². The van der Waals surface area contributed by atoms with Crippen LogP contribution in [0.15, 0.2) is 12.1 Å². The fraction of sp³-hybridized carbons (Fsp3) is 0.462. The van der Waals surface area contributed by atoms with E-state index in [4.69, 9.17) is 19.9 Å². The Balaban J connectivity index is 2.26. The van der Waals surface area contributed by atoms with Crippen molar-refractivity contribution in [2.75, 3.05) is 20.5 Å². The van der Waals surface area contributed by atoms with Gasteiger partial charge in [0.2, 0.25) is 18.7 Å². The van der Waals surface area contributed by atoms with Crippen molar-refractivity contribution in [2.24, 2.45) is 5.73 Å². The van der Waals surface area contributed by atoms with E-state index in [0.29, 0.717) is 22.8 Å². The molecule has 0 spiro atoms. The molecule has 2 atom stereocenters. The molecule has 2 N–H and O–H groups in total. The average Bonchev–Trinajstić information content (AvgIpc) is 2.93. The molecule has 1 aromatic carbocycles. The zero-order valence-corrected chi connectivity index (χ0v) is 11.2. The van der Waals surface area contributed by atoms with E-state index < -0.39 is 18.2 Å². The number of esters is 1. The zero-order chi connectivity index (χ0) is 14.7. The molecule has 0 radical (unpaired) electrons. The van der Waals surface area contributed by atoms with Crippen LogP contribution in [-0.2, 0) is 9.53 Å². The first-order chi connectivity index (χ1) is 9.58.